The minimum atomic E-state index is 0. The first-order valence-electron chi connectivity index (χ1n) is 5.45. The van der Waals surface area contributed by atoms with Gasteiger partial charge in [-0.05, 0) is 36.4 Å². The molecule has 0 spiro atoms. The van der Waals surface area contributed by atoms with Crippen LogP contribution in [0.4, 0.5) is 11.4 Å². The van der Waals surface area contributed by atoms with Crippen LogP contribution in [0.3, 0.4) is 0 Å². The van der Waals surface area contributed by atoms with E-state index in [1.165, 1.54) is 0 Å². The van der Waals surface area contributed by atoms with Crippen LogP contribution in [0.2, 0.25) is 0 Å². The van der Waals surface area contributed by atoms with Gasteiger partial charge >= 0.3 is 0 Å². The molecule has 0 unspecified atom stereocenters. The molecule has 102 valence electrons. The Balaban J connectivity index is 0.000000364. The average molecular weight is 366 g/mol. The fraction of sp³-hybridized carbons (Fsp3) is 0. The fourth-order valence-electron chi connectivity index (χ4n) is 1.25. The topological polar surface area (TPSA) is 99.6 Å². The van der Waals surface area contributed by atoms with Gasteiger partial charge in [-0.2, -0.15) is 10.5 Å². The van der Waals surface area contributed by atoms with Crippen molar-refractivity contribution in [3.8, 4) is 12.1 Å². The normalized spacial score (nSPS) is 8.38. The molecule has 7 heteroatoms. The number of benzene rings is 2. The summed E-state index contributed by atoms with van der Waals surface area (Å²) in [4.78, 5) is 1.41. The van der Waals surface area contributed by atoms with E-state index in [1.54, 1.807) is 36.4 Å². The molecule has 4 N–H and O–H groups in total. The van der Waals surface area contributed by atoms with E-state index in [9.17, 15) is 0 Å². The van der Waals surface area contributed by atoms with Gasteiger partial charge in [0.25, 0.3) is 0 Å². The number of nitriles is 2. The van der Waals surface area contributed by atoms with Crippen molar-refractivity contribution in [2.75, 3.05) is 11.5 Å². The van der Waals surface area contributed by atoms with Crippen LogP contribution in [-0.4, -0.2) is 0 Å². The molecule has 2 aromatic rings. The maximum Gasteiger partial charge on any atom is 0.0992 e. The van der Waals surface area contributed by atoms with Gasteiger partial charge in [0.2, 0.25) is 0 Å². The molecule has 0 aromatic heterocycles. The van der Waals surface area contributed by atoms with Gasteiger partial charge in [-0.1, -0.05) is 0 Å². The van der Waals surface area contributed by atoms with Gasteiger partial charge in [-0.15, -0.1) is 25.3 Å². The Morgan fingerprint density at radius 3 is 1.33 bits per heavy atom. The summed E-state index contributed by atoms with van der Waals surface area (Å²) >= 11 is 8.10. The molecule has 0 aliphatic rings. The van der Waals surface area contributed by atoms with Gasteiger partial charge < -0.3 is 11.5 Å². The van der Waals surface area contributed by atoms with Crippen molar-refractivity contribution in [2.24, 2.45) is 0 Å². The maximum atomic E-state index is 8.42. The van der Waals surface area contributed by atoms with Crippen LogP contribution in [-0.2, 0) is 19.5 Å². The Hall–Kier alpha value is -1.66. The van der Waals surface area contributed by atoms with Crippen molar-refractivity contribution in [3.63, 3.8) is 0 Å². The summed E-state index contributed by atoms with van der Waals surface area (Å²) < 4.78 is 0. The van der Waals surface area contributed by atoms with E-state index < -0.39 is 0 Å². The zero-order valence-corrected chi connectivity index (χ0v) is 15.9. The van der Waals surface area contributed by atoms with Crippen molar-refractivity contribution in [1.29, 1.82) is 10.5 Å². The van der Waals surface area contributed by atoms with Crippen LogP contribution < -0.4 is 11.5 Å². The van der Waals surface area contributed by atoms with Crippen LogP contribution in [0.5, 0.6) is 0 Å². The molecule has 21 heavy (non-hydrogen) atoms. The predicted molar refractivity (Wildman–Crippen MR) is 85.6 cm³/mol. The molecule has 2 rings (SSSR count). The third kappa shape index (κ3) is 6.10. The number of nitrogen functional groups attached to an aromatic ring is 2. The molecule has 0 bridgehead atoms. The number of hydrogen-bond acceptors (Lipinski definition) is 6. The third-order valence-corrected chi connectivity index (χ3v) is 3.13. The molecular formula is C14H12N4S2Zn. The first kappa shape index (κ1) is 19.3. The number of anilines is 2. The number of thiol groups is 2. The quantitative estimate of drug-likeness (QED) is 0.327. The Morgan fingerprint density at radius 1 is 0.762 bits per heavy atom. The summed E-state index contributed by atoms with van der Waals surface area (Å²) in [6.07, 6.45) is 0. The van der Waals surface area contributed by atoms with Crippen LogP contribution >= 0.6 is 25.3 Å². The molecule has 0 saturated carbocycles. The van der Waals surface area contributed by atoms with Crippen molar-refractivity contribution in [2.45, 2.75) is 9.79 Å². The van der Waals surface area contributed by atoms with E-state index in [0.717, 1.165) is 0 Å². The molecule has 0 saturated heterocycles. The number of nitrogens with zero attached hydrogens (tertiary/aromatic N) is 2. The smallest absolute Gasteiger partial charge is 0.0992 e. The first-order chi connectivity index (χ1) is 9.47. The van der Waals surface area contributed by atoms with E-state index in [0.29, 0.717) is 32.3 Å². The predicted octanol–water partition coefficient (Wildman–Crippen LogP) is 2.86. The Kier molecular flexibility index (Phi) is 8.58. The minimum absolute atomic E-state index is 0. The van der Waals surface area contributed by atoms with Gasteiger partial charge in [0, 0.05) is 40.6 Å². The molecular weight excluding hydrogens is 354 g/mol. The summed E-state index contributed by atoms with van der Waals surface area (Å²) in [5, 5.41) is 16.8. The summed E-state index contributed by atoms with van der Waals surface area (Å²) in [5.74, 6) is 0. The van der Waals surface area contributed by atoms with E-state index in [1.807, 2.05) is 12.1 Å². The largest absolute Gasteiger partial charge is 0.398 e. The molecule has 0 heterocycles. The van der Waals surface area contributed by atoms with Gasteiger partial charge in [-0.25, -0.2) is 0 Å². The molecule has 0 aliphatic heterocycles. The summed E-state index contributed by atoms with van der Waals surface area (Å²) in [6.45, 7) is 0. The first-order valence-corrected chi connectivity index (χ1v) is 6.34. The zero-order chi connectivity index (χ0) is 15.1. The average Bonchev–Trinajstić information content (AvgIpc) is 2.45. The van der Waals surface area contributed by atoms with Crippen LogP contribution in [0.1, 0.15) is 11.1 Å². The van der Waals surface area contributed by atoms with Crippen molar-refractivity contribution < 1.29 is 19.5 Å². The number of hydrogen-bond donors (Lipinski definition) is 4. The van der Waals surface area contributed by atoms with E-state index in [4.69, 9.17) is 22.0 Å². The molecule has 0 fully saturated rings. The van der Waals surface area contributed by atoms with Gasteiger partial charge in [0.05, 0.1) is 23.3 Å². The van der Waals surface area contributed by atoms with Crippen LogP contribution in [0.25, 0.3) is 0 Å². The van der Waals surface area contributed by atoms with Gasteiger partial charge in [-0.3, -0.25) is 0 Å². The van der Waals surface area contributed by atoms with Gasteiger partial charge in [0.1, 0.15) is 0 Å². The third-order valence-electron chi connectivity index (χ3n) is 2.31. The Morgan fingerprint density at radius 2 is 1.10 bits per heavy atom. The second kappa shape index (κ2) is 9.31. The zero-order valence-electron chi connectivity index (χ0n) is 11.1. The second-order valence-electron chi connectivity index (χ2n) is 3.77. The Bertz CT molecular complexity index is 644. The summed E-state index contributed by atoms with van der Waals surface area (Å²) in [7, 11) is 0. The second-order valence-corrected chi connectivity index (χ2v) is 4.73. The molecule has 0 amide bonds. The SMILES string of the molecule is N#Cc1ccc(S)c(N)c1.N#Cc1ccc(S)c(N)c1.[Zn]. The van der Waals surface area contributed by atoms with Crippen LogP contribution in [0, 0.1) is 22.7 Å². The van der Waals surface area contributed by atoms with E-state index in [-0.39, 0.29) is 19.5 Å². The molecule has 0 atom stereocenters. The number of rotatable bonds is 0. The standard InChI is InChI=1S/2C7H6N2S.Zn/c2*8-4-5-1-2-7(10)6(9)3-5;/h2*1-3,10H,9H2;. The van der Waals surface area contributed by atoms with Crippen molar-refractivity contribution in [1.82, 2.24) is 0 Å². The number of nitrogens with two attached hydrogens (primary N) is 2. The molecule has 4 nitrogen and oxygen atoms in total. The van der Waals surface area contributed by atoms with E-state index >= 15 is 0 Å². The molecule has 0 radical (unpaired) electrons. The van der Waals surface area contributed by atoms with Crippen molar-refractivity contribution in [3.05, 3.63) is 47.5 Å². The molecule has 2 aromatic carbocycles. The monoisotopic (exact) mass is 364 g/mol. The van der Waals surface area contributed by atoms with Crippen molar-refractivity contribution >= 4 is 36.6 Å². The maximum absolute atomic E-state index is 8.42. The Labute approximate surface area is 147 Å². The molecule has 0 aliphatic carbocycles. The summed E-state index contributed by atoms with van der Waals surface area (Å²) in [5.41, 5.74) is 13.2. The fourth-order valence-corrected chi connectivity index (χ4v) is 1.53. The minimum Gasteiger partial charge on any atom is -0.398 e. The van der Waals surface area contributed by atoms with E-state index in [2.05, 4.69) is 25.3 Å². The van der Waals surface area contributed by atoms with Crippen LogP contribution in [0.15, 0.2) is 46.2 Å². The summed E-state index contributed by atoms with van der Waals surface area (Å²) in [6, 6.07) is 13.9. The van der Waals surface area contributed by atoms with Gasteiger partial charge in [0.15, 0.2) is 0 Å².